The molecule has 166 valence electrons. The highest BCUT2D eigenvalue weighted by atomic mass is 35.5. The number of fused-ring (bicyclic) bond motifs is 1. The van der Waals surface area contributed by atoms with Gasteiger partial charge in [0.2, 0.25) is 6.79 Å². The summed E-state index contributed by atoms with van der Waals surface area (Å²) in [6, 6.07) is 13.1. The number of amides is 4. The van der Waals surface area contributed by atoms with Gasteiger partial charge in [-0.1, -0.05) is 11.6 Å². The molecule has 0 radical (unpaired) electrons. The molecule has 0 atom stereocenters. The number of benzene rings is 2. The maximum atomic E-state index is 13.2. The van der Waals surface area contributed by atoms with E-state index in [4.69, 9.17) is 21.1 Å². The molecule has 4 amide bonds. The molecule has 33 heavy (non-hydrogen) atoms. The van der Waals surface area contributed by atoms with Crippen molar-refractivity contribution in [3.05, 3.63) is 76.1 Å². The number of halogens is 1. The lowest BCUT2D eigenvalue weighted by Crippen LogP contribution is -2.54. The van der Waals surface area contributed by atoms with E-state index in [1.807, 2.05) is 36.6 Å². The molecule has 3 heterocycles. The number of carbonyl (C=O) groups is 3. The molecule has 0 spiro atoms. The van der Waals surface area contributed by atoms with Crippen LogP contribution >= 0.6 is 11.6 Å². The minimum atomic E-state index is -0.826. The summed E-state index contributed by atoms with van der Waals surface area (Å²) in [5.74, 6) is -0.538. The number of nitrogens with one attached hydrogen (secondary N) is 1. The van der Waals surface area contributed by atoms with E-state index in [0.717, 1.165) is 22.0 Å². The van der Waals surface area contributed by atoms with E-state index in [9.17, 15) is 14.4 Å². The van der Waals surface area contributed by atoms with Gasteiger partial charge in [0.05, 0.1) is 5.69 Å². The molecule has 0 bridgehead atoms. The van der Waals surface area contributed by atoms with Crippen LogP contribution in [0.25, 0.3) is 11.8 Å². The van der Waals surface area contributed by atoms with Crippen molar-refractivity contribution in [1.82, 2.24) is 9.88 Å². The zero-order valence-corrected chi connectivity index (χ0v) is 18.5. The van der Waals surface area contributed by atoms with Crippen LogP contribution < -0.4 is 19.7 Å². The highest BCUT2D eigenvalue weighted by Crippen LogP contribution is 2.36. The number of rotatable bonds is 3. The lowest BCUT2D eigenvalue weighted by atomic mass is 10.1. The lowest BCUT2D eigenvalue weighted by molar-refractivity contribution is -0.122. The zero-order valence-electron chi connectivity index (χ0n) is 17.7. The van der Waals surface area contributed by atoms with Crippen LogP contribution in [-0.4, -0.2) is 29.2 Å². The van der Waals surface area contributed by atoms with Gasteiger partial charge in [0.15, 0.2) is 11.5 Å². The monoisotopic (exact) mass is 463 g/mol. The summed E-state index contributed by atoms with van der Waals surface area (Å²) in [7, 11) is 0. The number of urea groups is 1. The molecular weight excluding hydrogens is 446 g/mol. The number of hydrogen-bond donors (Lipinski definition) is 1. The first-order valence-corrected chi connectivity index (χ1v) is 10.5. The van der Waals surface area contributed by atoms with Gasteiger partial charge in [0, 0.05) is 28.2 Å². The summed E-state index contributed by atoms with van der Waals surface area (Å²) in [6.07, 6.45) is 1.50. The van der Waals surface area contributed by atoms with Crippen molar-refractivity contribution in [2.24, 2.45) is 0 Å². The van der Waals surface area contributed by atoms with Gasteiger partial charge in [-0.05, 0) is 68.0 Å². The minimum Gasteiger partial charge on any atom is -0.454 e. The van der Waals surface area contributed by atoms with E-state index in [1.54, 1.807) is 24.3 Å². The average Bonchev–Trinajstić information content (AvgIpc) is 3.35. The van der Waals surface area contributed by atoms with Gasteiger partial charge in [-0.3, -0.25) is 14.9 Å². The molecule has 2 aliphatic heterocycles. The number of barbiturate groups is 1. The van der Waals surface area contributed by atoms with Gasteiger partial charge in [-0.25, -0.2) is 9.69 Å². The lowest BCUT2D eigenvalue weighted by Gasteiger charge is -2.26. The van der Waals surface area contributed by atoms with Gasteiger partial charge in [-0.15, -0.1) is 0 Å². The standard InChI is InChI=1S/C24H18ClN3O5/c1-13-9-15(14(2)27(13)17-5-3-16(25)4-6-17)10-19-22(29)26-24(31)28(23(19)30)18-7-8-20-21(11-18)33-12-32-20/h3-11H,12H2,1-2H3,(H,26,29,31)/b19-10-. The molecule has 0 unspecified atom stereocenters. The fourth-order valence-corrected chi connectivity index (χ4v) is 4.12. The molecule has 0 saturated carbocycles. The first-order valence-electron chi connectivity index (χ1n) is 10.1. The van der Waals surface area contributed by atoms with Crippen LogP contribution in [-0.2, 0) is 9.59 Å². The third kappa shape index (κ3) is 3.54. The van der Waals surface area contributed by atoms with Crippen molar-refractivity contribution in [3.8, 4) is 17.2 Å². The van der Waals surface area contributed by atoms with Gasteiger partial charge >= 0.3 is 6.03 Å². The van der Waals surface area contributed by atoms with Crippen LogP contribution in [0, 0.1) is 13.8 Å². The van der Waals surface area contributed by atoms with Gasteiger partial charge in [0.1, 0.15) is 5.57 Å². The van der Waals surface area contributed by atoms with Crippen molar-refractivity contribution in [3.63, 3.8) is 0 Å². The maximum Gasteiger partial charge on any atom is 0.335 e. The van der Waals surface area contributed by atoms with Crippen molar-refractivity contribution in [1.29, 1.82) is 0 Å². The minimum absolute atomic E-state index is 0.0613. The van der Waals surface area contributed by atoms with E-state index < -0.39 is 17.8 Å². The smallest absolute Gasteiger partial charge is 0.335 e. The van der Waals surface area contributed by atoms with Crippen molar-refractivity contribution in [2.45, 2.75) is 13.8 Å². The average molecular weight is 464 g/mol. The number of imide groups is 2. The molecule has 1 saturated heterocycles. The van der Waals surface area contributed by atoms with Crippen LogP contribution in [0.2, 0.25) is 5.02 Å². The Morgan fingerprint density at radius 1 is 0.939 bits per heavy atom. The van der Waals surface area contributed by atoms with Gasteiger partial charge in [0.25, 0.3) is 11.8 Å². The Balaban J connectivity index is 1.53. The summed E-state index contributed by atoms with van der Waals surface area (Å²) < 4.78 is 12.6. The number of carbonyl (C=O) groups excluding carboxylic acids is 3. The second-order valence-corrected chi connectivity index (χ2v) is 8.07. The zero-order chi connectivity index (χ0) is 23.3. The Bertz CT molecular complexity index is 1360. The molecule has 5 rings (SSSR count). The molecule has 0 aliphatic carbocycles. The van der Waals surface area contributed by atoms with E-state index in [2.05, 4.69) is 5.32 Å². The third-order valence-electron chi connectivity index (χ3n) is 5.57. The summed E-state index contributed by atoms with van der Waals surface area (Å²) in [4.78, 5) is 39.2. The first kappa shape index (κ1) is 20.8. The Hall–Kier alpha value is -4.04. The number of ether oxygens (including phenoxy) is 2. The Morgan fingerprint density at radius 2 is 1.64 bits per heavy atom. The predicted octanol–water partition coefficient (Wildman–Crippen LogP) is 4.14. The molecule has 8 nitrogen and oxygen atoms in total. The molecule has 1 fully saturated rings. The molecule has 3 aromatic rings. The van der Waals surface area contributed by atoms with E-state index in [-0.39, 0.29) is 18.1 Å². The summed E-state index contributed by atoms with van der Waals surface area (Å²) >= 11 is 6.00. The number of aryl methyl sites for hydroxylation is 1. The number of aromatic nitrogens is 1. The fourth-order valence-electron chi connectivity index (χ4n) is 3.99. The Labute approximate surface area is 194 Å². The van der Waals surface area contributed by atoms with Gasteiger partial charge in [-0.2, -0.15) is 0 Å². The third-order valence-corrected chi connectivity index (χ3v) is 5.82. The fraction of sp³-hybridized carbons (Fsp3) is 0.125. The Morgan fingerprint density at radius 3 is 2.39 bits per heavy atom. The van der Waals surface area contributed by atoms with Crippen LogP contribution in [0.15, 0.2) is 54.1 Å². The highest BCUT2D eigenvalue weighted by molar-refractivity contribution is 6.39. The second-order valence-electron chi connectivity index (χ2n) is 7.63. The van der Waals surface area contributed by atoms with Crippen molar-refractivity contribution < 1.29 is 23.9 Å². The quantitative estimate of drug-likeness (QED) is 0.465. The second kappa shape index (κ2) is 7.83. The SMILES string of the molecule is Cc1cc(/C=C2/C(=O)NC(=O)N(c3ccc4c(c3)OCO4)C2=O)c(C)n1-c1ccc(Cl)cc1. The molecule has 2 aliphatic rings. The van der Waals surface area contributed by atoms with Crippen LogP contribution in [0.4, 0.5) is 10.5 Å². The molecule has 9 heteroatoms. The van der Waals surface area contributed by atoms with E-state index in [0.29, 0.717) is 22.1 Å². The molecule has 2 aromatic carbocycles. The first-order chi connectivity index (χ1) is 15.8. The number of hydrogen-bond acceptors (Lipinski definition) is 5. The largest absolute Gasteiger partial charge is 0.454 e. The van der Waals surface area contributed by atoms with Crippen molar-refractivity contribution >= 4 is 41.2 Å². The van der Waals surface area contributed by atoms with Crippen LogP contribution in [0.5, 0.6) is 11.5 Å². The van der Waals surface area contributed by atoms with Crippen molar-refractivity contribution in [2.75, 3.05) is 11.7 Å². The number of anilines is 1. The normalized spacial score (nSPS) is 16.5. The molecular formula is C24H18ClN3O5. The summed E-state index contributed by atoms with van der Waals surface area (Å²) in [6.45, 7) is 3.88. The van der Waals surface area contributed by atoms with E-state index in [1.165, 1.54) is 12.1 Å². The topological polar surface area (TPSA) is 89.9 Å². The predicted molar refractivity (Wildman–Crippen MR) is 122 cm³/mol. The maximum absolute atomic E-state index is 13.2. The van der Waals surface area contributed by atoms with Gasteiger partial charge < -0.3 is 14.0 Å². The van der Waals surface area contributed by atoms with E-state index >= 15 is 0 Å². The Kier molecular flexibility index (Phi) is 4.94. The van der Waals surface area contributed by atoms with Crippen LogP contribution in [0.3, 0.4) is 0 Å². The summed E-state index contributed by atoms with van der Waals surface area (Å²) in [5, 5.41) is 2.87. The number of nitrogens with zero attached hydrogens (tertiary/aromatic N) is 2. The van der Waals surface area contributed by atoms with Crippen LogP contribution in [0.1, 0.15) is 17.0 Å². The highest BCUT2D eigenvalue weighted by Gasteiger charge is 2.37. The molecule has 1 N–H and O–H groups in total. The summed E-state index contributed by atoms with van der Waals surface area (Å²) in [5.41, 5.74) is 3.44. The molecule has 1 aromatic heterocycles.